The summed E-state index contributed by atoms with van der Waals surface area (Å²) in [6, 6.07) is 5.97. The van der Waals surface area contributed by atoms with Crippen molar-refractivity contribution in [2.45, 2.75) is 44.4 Å². The third-order valence-electron chi connectivity index (χ3n) is 5.40. The lowest BCUT2D eigenvalue weighted by Crippen LogP contribution is -2.27. The van der Waals surface area contributed by atoms with Gasteiger partial charge in [-0.1, -0.05) is 6.07 Å². The molecule has 1 aromatic rings. The topological polar surface area (TPSA) is 35.5 Å². The molecule has 21 heavy (non-hydrogen) atoms. The largest absolute Gasteiger partial charge is 0.393 e. The van der Waals surface area contributed by atoms with Crippen molar-refractivity contribution in [3.63, 3.8) is 0 Å². The van der Waals surface area contributed by atoms with Gasteiger partial charge in [-0.15, -0.1) is 0 Å². The molecule has 0 radical (unpaired) electrons. The van der Waals surface area contributed by atoms with Crippen LogP contribution in [-0.2, 0) is 6.54 Å². The van der Waals surface area contributed by atoms with Crippen molar-refractivity contribution < 1.29 is 9.50 Å². The number of nitrogens with one attached hydrogen (secondary N) is 1. The van der Waals surface area contributed by atoms with E-state index in [2.05, 4.69) is 10.2 Å². The Morgan fingerprint density at radius 1 is 1.19 bits per heavy atom. The molecular formula is C17H23FN2O. The molecule has 4 rings (SSSR count). The molecule has 1 aromatic carbocycles. The van der Waals surface area contributed by atoms with E-state index in [1.807, 2.05) is 6.07 Å². The molecule has 1 heterocycles. The summed E-state index contributed by atoms with van der Waals surface area (Å²) in [5.74, 6) is 0.836. The van der Waals surface area contributed by atoms with E-state index in [1.54, 1.807) is 12.1 Å². The molecule has 114 valence electrons. The Balaban J connectivity index is 1.55. The van der Waals surface area contributed by atoms with Crippen LogP contribution in [0.1, 0.15) is 31.2 Å². The zero-order valence-electron chi connectivity index (χ0n) is 12.3. The van der Waals surface area contributed by atoms with Crippen LogP contribution in [0.5, 0.6) is 0 Å². The molecule has 2 aliphatic carbocycles. The lowest BCUT2D eigenvalue weighted by atomic mass is 10.00. The molecule has 2 N–H and O–H groups in total. The van der Waals surface area contributed by atoms with Gasteiger partial charge in [0, 0.05) is 42.8 Å². The van der Waals surface area contributed by atoms with Gasteiger partial charge in [-0.2, -0.15) is 0 Å². The van der Waals surface area contributed by atoms with E-state index in [9.17, 15) is 9.50 Å². The summed E-state index contributed by atoms with van der Waals surface area (Å²) in [5.41, 5.74) is 1.81. The van der Waals surface area contributed by atoms with Crippen LogP contribution in [0.15, 0.2) is 18.2 Å². The van der Waals surface area contributed by atoms with Crippen LogP contribution in [0.2, 0.25) is 0 Å². The van der Waals surface area contributed by atoms with Gasteiger partial charge in [0.2, 0.25) is 0 Å². The van der Waals surface area contributed by atoms with Crippen LogP contribution in [0.3, 0.4) is 0 Å². The lowest BCUT2D eigenvalue weighted by Gasteiger charge is -2.24. The van der Waals surface area contributed by atoms with Gasteiger partial charge in [0.15, 0.2) is 0 Å². The first-order valence-corrected chi connectivity index (χ1v) is 8.16. The third kappa shape index (κ3) is 2.55. The first kappa shape index (κ1) is 13.5. The maximum absolute atomic E-state index is 14.2. The second-order valence-electron chi connectivity index (χ2n) is 6.87. The van der Waals surface area contributed by atoms with Crippen molar-refractivity contribution in [3.8, 4) is 0 Å². The van der Waals surface area contributed by atoms with Crippen LogP contribution in [0.25, 0.3) is 0 Å². The third-order valence-corrected chi connectivity index (χ3v) is 5.40. The van der Waals surface area contributed by atoms with Crippen molar-refractivity contribution in [2.24, 2.45) is 11.8 Å². The monoisotopic (exact) mass is 290 g/mol. The second kappa shape index (κ2) is 5.25. The molecule has 3 aliphatic rings. The number of fused-ring (bicyclic) bond motifs is 1. The van der Waals surface area contributed by atoms with Crippen LogP contribution in [-0.4, -0.2) is 30.3 Å². The van der Waals surface area contributed by atoms with E-state index in [0.717, 1.165) is 37.2 Å². The van der Waals surface area contributed by atoms with E-state index in [-0.39, 0.29) is 11.9 Å². The van der Waals surface area contributed by atoms with Crippen LogP contribution < -0.4 is 10.2 Å². The van der Waals surface area contributed by atoms with E-state index in [4.69, 9.17) is 0 Å². The highest BCUT2D eigenvalue weighted by Gasteiger charge is 2.42. The van der Waals surface area contributed by atoms with E-state index >= 15 is 0 Å². The molecule has 0 bridgehead atoms. The molecule has 0 amide bonds. The van der Waals surface area contributed by atoms with Gasteiger partial charge in [-0.3, -0.25) is 0 Å². The Kier molecular flexibility index (Phi) is 3.38. The fourth-order valence-corrected chi connectivity index (χ4v) is 3.99. The Labute approximate surface area is 125 Å². The van der Waals surface area contributed by atoms with Crippen LogP contribution in [0, 0.1) is 17.7 Å². The average Bonchev–Trinajstić information content (AvgIpc) is 3.10. The smallest absolute Gasteiger partial charge is 0.129 e. The molecule has 3 atom stereocenters. The van der Waals surface area contributed by atoms with Gasteiger partial charge in [-0.05, 0) is 43.7 Å². The van der Waals surface area contributed by atoms with Gasteiger partial charge in [0.1, 0.15) is 5.82 Å². The van der Waals surface area contributed by atoms with Crippen molar-refractivity contribution in [1.82, 2.24) is 5.32 Å². The van der Waals surface area contributed by atoms with Crippen LogP contribution in [0.4, 0.5) is 10.1 Å². The number of aliphatic hydroxyl groups is 1. The summed E-state index contributed by atoms with van der Waals surface area (Å²) in [6.45, 7) is 2.44. The van der Waals surface area contributed by atoms with Crippen molar-refractivity contribution in [3.05, 3.63) is 29.6 Å². The first-order chi connectivity index (χ1) is 10.2. The molecule has 2 saturated carbocycles. The molecule has 0 spiro atoms. The minimum atomic E-state index is -0.165. The quantitative estimate of drug-likeness (QED) is 0.893. The Bertz CT molecular complexity index is 532. The Morgan fingerprint density at radius 2 is 2.05 bits per heavy atom. The molecule has 3 fully saturated rings. The molecule has 4 heteroatoms. The summed E-state index contributed by atoms with van der Waals surface area (Å²) in [5, 5.41) is 13.5. The van der Waals surface area contributed by atoms with Crippen LogP contribution >= 0.6 is 0 Å². The highest BCUT2D eigenvalue weighted by molar-refractivity contribution is 5.55. The molecule has 1 aliphatic heterocycles. The van der Waals surface area contributed by atoms with Gasteiger partial charge in [0.05, 0.1) is 6.10 Å². The van der Waals surface area contributed by atoms with Crippen molar-refractivity contribution in [2.75, 3.05) is 18.0 Å². The summed E-state index contributed by atoms with van der Waals surface area (Å²) < 4.78 is 14.2. The number of halogens is 1. The fraction of sp³-hybridized carbons (Fsp3) is 0.647. The Morgan fingerprint density at radius 3 is 2.81 bits per heavy atom. The summed E-state index contributed by atoms with van der Waals surface area (Å²) in [6.07, 6.45) is 4.30. The number of anilines is 1. The van der Waals surface area contributed by atoms with E-state index in [0.29, 0.717) is 24.4 Å². The number of nitrogens with zero attached hydrogens (tertiary/aromatic N) is 1. The maximum atomic E-state index is 14.2. The molecular weight excluding hydrogens is 267 g/mol. The zero-order valence-corrected chi connectivity index (χ0v) is 12.3. The number of hydrogen-bond donors (Lipinski definition) is 2. The van der Waals surface area contributed by atoms with Gasteiger partial charge >= 0.3 is 0 Å². The predicted octanol–water partition coefficient (Wildman–Crippen LogP) is 2.28. The SMILES string of the molecule is OC1CCC2CN(c3cccc(F)c3CNC3CC3)CC12. The highest BCUT2D eigenvalue weighted by atomic mass is 19.1. The maximum Gasteiger partial charge on any atom is 0.129 e. The first-order valence-electron chi connectivity index (χ1n) is 8.16. The standard InChI is InChI=1S/C17H23FN2O/c18-15-2-1-3-16(13(15)8-19-12-5-6-12)20-9-11-4-7-17(21)14(11)10-20/h1-3,11-12,14,17,19,21H,4-10H2. The molecule has 3 nitrogen and oxygen atoms in total. The van der Waals surface area contributed by atoms with Gasteiger partial charge < -0.3 is 15.3 Å². The highest BCUT2D eigenvalue weighted by Crippen LogP contribution is 2.41. The minimum Gasteiger partial charge on any atom is -0.393 e. The normalized spacial score (nSPS) is 31.7. The predicted molar refractivity (Wildman–Crippen MR) is 80.7 cm³/mol. The summed E-state index contributed by atoms with van der Waals surface area (Å²) in [7, 11) is 0. The van der Waals surface area contributed by atoms with Crippen molar-refractivity contribution >= 4 is 5.69 Å². The number of aliphatic hydroxyl groups excluding tert-OH is 1. The van der Waals surface area contributed by atoms with E-state index in [1.165, 1.54) is 12.8 Å². The van der Waals surface area contributed by atoms with Crippen molar-refractivity contribution in [1.29, 1.82) is 0 Å². The number of rotatable bonds is 4. The fourth-order valence-electron chi connectivity index (χ4n) is 3.99. The number of benzene rings is 1. The average molecular weight is 290 g/mol. The zero-order chi connectivity index (χ0) is 14.4. The molecule has 3 unspecified atom stereocenters. The Hall–Kier alpha value is -1.13. The molecule has 1 saturated heterocycles. The minimum absolute atomic E-state index is 0.113. The summed E-state index contributed by atoms with van der Waals surface area (Å²) >= 11 is 0. The molecule has 0 aromatic heterocycles. The van der Waals surface area contributed by atoms with Gasteiger partial charge in [-0.25, -0.2) is 4.39 Å². The summed E-state index contributed by atoms with van der Waals surface area (Å²) in [4.78, 5) is 2.28. The second-order valence-corrected chi connectivity index (χ2v) is 6.87. The lowest BCUT2D eigenvalue weighted by molar-refractivity contribution is 0.133. The van der Waals surface area contributed by atoms with Gasteiger partial charge in [0.25, 0.3) is 0 Å². The van der Waals surface area contributed by atoms with E-state index < -0.39 is 0 Å². The number of hydrogen-bond acceptors (Lipinski definition) is 3.